The largest absolute Gasteiger partial charge is 0.377 e. The Kier molecular flexibility index (Phi) is 6.47. The first kappa shape index (κ1) is 14.4. The van der Waals surface area contributed by atoms with Gasteiger partial charge in [0, 0.05) is 30.3 Å². The molecule has 0 spiro atoms. The van der Waals surface area contributed by atoms with Crippen molar-refractivity contribution in [3.63, 3.8) is 0 Å². The van der Waals surface area contributed by atoms with Gasteiger partial charge in [0.1, 0.15) is 0 Å². The minimum absolute atomic E-state index is 0.151. The first-order valence-corrected chi connectivity index (χ1v) is 6.91. The van der Waals surface area contributed by atoms with Gasteiger partial charge in [-0.2, -0.15) is 0 Å². The van der Waals surface area contributed by atoms with Crippen LogP contribution in [0, 0.1) is 13.8 Å². The van der Waals surface area contributed by atoms with Gasteiger partial charge in [-0.25, -0.2) is 9.97 Å². The summed E-state index contributed by atoms with van der Waals surface area (Å²) in [6.07, 6.45) is 1.09. The van der Waals surface area contributed by atoms with Gasteiger partial charge in [0.25, 0.3) is 0 Å². The second-order valence-corrected chi connectivity index (χ2v) is 4.95. The molecule has 0 bridgehead atoms. The molecule has 2 N–H and O–H groups in total. The summed E-state index contributed by atoms with van der Waals surface area (Å²) in [5.74, 6) is 0.935. The molecule has 0 radical (unpaired) electrons. The standard InChI is InChI=1S/C12H21N3OS/c1-4-16-11(8-13)5-6-17-12-14-9(2)7-10(3)15-12/h7,11H,4-6,8,13H2,1-3H3. The molecule has 4 nitrogen and oxygen atoms in total. The van der Waals surface area contributed by atoms with E-state index < -0.39 is 0 Å². The maximum absolute atomic E-state index is 5.62. The van der Waals surface area contributed by atoms with Crippen LogP contribution in [0.3, 0.4) is 0 Å². The summed E-state index contributed by atoms with van der Waals surface area (Å²) in [6, 6.07) is 1.98. The number of rotatable bonds is 7. The minimum Gasteiger partial charge on any atom is -0.377 e. The Morgan fingerprint density at radius 1 is 1.35 bits per heavy atom. The zero-order valence-corrected chi connectivity index (χ0v) is 11.6. The van der Waals surface area contributed by atoms with E-state index in [0.29, 0.717) is 13.2 Å². The monoisotopic (exact) mass is 255 g/mol. The summed E-state index contributed by atoms with van der Waals surface area (Å²) in [6.45, 7) is 7.25. The van der Waals surface area contributed by atoms with Crippen LogP contribution in [0.15, 0.2) is 11.2 Å². The summed E-state index contributed by atoms with van der Waals surface area (Å²) in [5, 5.41) is 0.842. The van der Waals surface area contributed by atoms with Crippen LogP contribution in [0.4, 0.5) is 0 Å². The first-order chi connectivity index (χ1) is 8.15. The molecule has 1 aromatic heterocycles. The van der Waals surface area contributed by atoms with Gasteiger partial charge in [0.15, 0.2) is 5.16 Å². The summed E-state index contributed by atoms with van der Waals surface area (Å²) in [5.41, 5.74) is 7.65. The average molecular weight is 255 g/mol. The van der Waals surface area contributed by atoms with Crippen molar-refractivity contribution < 1.29 is 4.74 Å². The van der Waals surface area contributed by atoms with E-state index in [4.69, 9.17) is 10.5 Å². The SMILES string of the molecule is CCOC(CN)CCSc1nc(C)cc(C)n1. The molecule has 0 saturated carbocycles. The number of nitrogens with two attached hydrogens (primary N) is 1. The molecule has 17 heavy (non-hydrogen) atoms. The molecule has 1 heterocycles. The lowest BCUT2D eigenvalue weighted by Gasteiger charge is -2.13. The number of aromatic nitrogens is 2. The van der Waals surface area contributed by atoms with Gasteiger partial charge in [0.05, 0.1) is 6.10 Å². The van der Waals surface area contributed by atoms with Crippen molar-refractivity contribution in [3.8, 4) is 0 Å². The molecule has 0 aliphatic heterocycles. The molecule has 1 atom stereocenters. The molecule has 1 unspecified atom stereocenters. The minimum atomic E-state index is 0.151. The predicted octanol–water partition coefficient (Wildman–Crippen LogP) is 1.94. The average Bonchev–Trinajstić information content (AvgIpc) is 2.26. The zero-order chi connectivity index (χ0) is 12.7. The van der Waals surface area contributed by atoms with E-state index in [9.17, 15) is 0 Å². The molecule has 96 valence electrons. The summed E-state index contributed by atoms with van der Waals surface area (Å²) in [4.78, 5) is 8.76. The van der Waals surface area contributed by atoms with Crippen molar-refractivity contribution in [2.45, 2.75) is 38.5 Å². The van der Waals surface area contributed by atoms with Gasteiger partial charge in [0.2, 0.25) is 0 Å². The molecule has 1 rings (SSSR count). The maximum atomic E-state index is 5.62. The predicted molar refractivity (Wildman–Crippen MR) is 71.3 cm³/mol. The Balaban J connectivity index is 2.39. The fourth-order valence-electron chi connectivity index (χ4n) is 1.54. The first-order valence-electron chi connectivity index (χ1n) is 5.92. The lowest BCUT2D eigenvalue weighted by Crippen LogP contribution is -2.24. The van der Waals surface area contributed by atoms with E-state index in [-0.39, 0.29) is 6.10 Å². The number of thioether (sulfide) groups is 1. The van der Waals surface area contributed by atoms with Gasteiger partial charge < -0.3 is 10.5 Å². The molecule has 0 amide bonds. The lowest BCUT2D eigenvalue weighted by molar-refractivity contribution is 0.0674. The Bertz CT molecular complexity index is 326. The van der Waals surface area contributed by atoms with Crippen LogP contribution in [0.1, 0.15) is 24.7 Å². The third-order valence-electron chi connectivity index (χ3n) is 2.30. The Labute approximate surface area is 107 Å². The second kappa shape index (κ2) is 7.63. The Morgan fingerprint density at radius 2 is 2.00 bits per heavy atom. The van der Waals surface area contributed by atoms with Crippen LogP contribution < -0.4 is 5.73 Å². The van der Waals surface area contributed by atoms with Crippen LogP contribution in [-0.2, 0) is 4.74 Å². The van der Waals surface area contributed by atoms with Gasteiger partial charge in [-0.3, -0.25) is 0 Å². The fourth-order valence-corrected chi connectivity index (χ4v) is 2.53. The van der Waals surface area contributed by atoms with E-state index in [1.54, 1.807) is 11.8 Å². The fraction of sp³-hybridized carbons (Fsp3) is 0.667. The highest BCUT2D eigenvalue weighted by atomic mass is 32.2. The van der Waals surface area contributed by atoms with Crippen molar-refractivity contribution >= 4 is 11.8 Å². The molecule has 1 aromatic rings. The lowest BCUT2D eigenvalue weighted by atomic mass is 10.3. The van der Waals surface area contributed by atoms with Crippen LogP contribution in [0.2, 0.25) is 0 Å². The van der Waals surface area contributed by atoms with Crippen molar-refractivity contribution in [1.82, 2.24) is 9.97 Å². The molecular formula is C12H21N3OS. The third-order valence-corrected chi connectivity index (χ3v) is 3.18. The van der Waals surface area contributed by atoms with Gasteiger partial charge in [-0.1, -0.05) is 11.8 Å². The summed E-state index contributed by atoms with van der Waals surface area (Å²) in [7, 11) is 0. The van der Waals surface area contributed by atoms with Crippen LogP contribution in [0.25, 0.3) is 0 Å². The number of hydrogen-bond acceptors (Lipinski definition) is 5. The van der Waals surface area contributed by atoms with Gasteiger partial charge >= 0.3 is 0 Å². The summed E-state index contributed by atoms with van der Waals surface area (Å²) >= 11 is 1.66. The normalized spacial score (nSPS) is 12.7. The van der Waals surface area contributed by atoms with Crippen molar-refractivity contribution in [2.24, 2.45) is 5.73 Å². The van der Waals surface area contributed by atoms with Crippen LogP contribution in [-0.4, -0.2) is 35.0 Å². The van der Waals surface area contributed by atoms with Crippen molar-refractivity contribution in [2.75, 3.05) is 18.9 Å². The molecule has 5 heteroatoms. The van der Waals surface area contributed by atoms with Crippen molar-refractivity contribution in [1.29, 1.82) is 0 Å². The number of nitrogens with zero attached hydrogens (tertiary/aromatic N) is 2. The number of hydrogen-bond donors (Lipinski definition) is 1. The number of ether oxygens (including phenoxy) is 1. The highest BCUT2D eigenvalue weighted by Gasteiger charge is 2.07. The Hall–Kier alpha value is -0.650. The smallest absolute Gasteiger partial charge is 0.187 e. The van der Waals surface area contributed by atoms with E-state index in [1.165, 1.54) is 0 Å². The Morgan fingerprint density at radius 3 is 2.53 bits per heavy atom. The van der Waals surface area contributed by atoms with E-state index >= 15 is 0 Å². The maximum Gasteiger partial charge on any atom is 0.187 e. The van der Waals surface area contributed by atoms with Gasteiger partial charge in [-0.15, -0.1) is 0 Å². The quantitative estimate of drug-likeness (QED) is 0.596. The molecule has 0 saturated heterocycles. The summed E-state index contributed by atoms with van der Waals surface area (Å²) < 4.78 is 5.50. The molecular weight excluding hydrogens is 234 g/mol. The molecule has 0 fully saturated rings. The zero-order valence-electron chi connectivity index (χ0n) is 10.8. The van der Waals surface area contributed by atoms with Crippen molar-refractivity contribution in [3.05, 3.63) is 17.5 Å². The van der Waals surface area contributed by atoms with E-state index in [1.807, 2.05) is 26.8 Å². The third kappa shape index (κ3) is 5.48. The molecule has 0 aromatic carbocycles. The van der Waals surface area contributed by atoms with Crippen LogP contribution in [0.5, 0.6) is 0 Å². The highest BCUT2D eigenvalue weighted by molar-refractivity contribution is 7.99. The van der Waals surface area contributed by atoms with E-state index in [2.05, 4.69) is 9.97 Å². The van der Waals surface area contributed by atoms with Gasteiger partial charge in [-0.05, 0) is 33.3 Å². The second-order valence-electron chi connectivity index (χ2n) is 3.88. The number of aryl methyl sites for hydroxylation is 2. The van der Waals surface area contributed by atoms with E-state index in [0.717, 1.165) is 28.7 Å². The topological polar surface area (TPSA) is 61.0 Å². The molecule has 0 aliphatic rings. The van der Waals surface area contributed by atoms with Crippen LogP contribution >= 0.6 is 11.8 Å². The highest BCUT2D eigenvalue weighted by Crippen LogP contribution is 2.16. The molecule has 0 aliphatic carbocycles.